The molecule has 0 radical (unpaired) electrons. The lowest BCUT2D eigenvalue weighted by atomic mass is 10.1. The van der Waals surface area contributed by atoms with Gasteiger partial charge in [-0.2, -0.15) is 4.98 Å². The van der Waals surface area contributed by atoms with Crippen molar-refractivity contribution in [3.8, 4) is 11.8 Å². The van der Waals surface area contributed by atoms with Gasteiger partial charge in [-0.05, 0) is 11.5 Å². The van der Waals surface area contributed by atoms with Crippen LogP contribution in [0.3, 0.4) is 0 Å². The van der Waals surface area contributed by atoms with E-state index < -0.39 is 0 Å². The zero-order valence-electron chi connectivity index (χ0n) is 9.67. The number of nitrogens with zero attached hydrogens (tertiary/aromatic N) is 1. The average molecular weight is 240 g/mol. The van der Waals surface area contributed by atoms with Crippen LogP contribution in [0.15, 0.2) is 53.1 Å². The second kappa shape index (κ2) is 4.50. The highest BCUT2D eigenvalue weighted by Gasteiger charge is 2.07. The third-order valence-electron chi connectivity index (χ3n) is 2.69. The molecular weight excluding hydrogens is 228 g/mol. The van der Waals surface area contributed by atoms with Crippen LogP contribution in [0.5, 0.6) is 11.8 Å². The Kier molecular flexibility index (Phi) is 2.70. The normalized spacial score (nSPS) is 10.7. The molecule has 1 heterocycles. The first kappa shape index (κ1) is 10.8. The lowest BCUT2D eigenvalue weighted by Crippen LogP contribution is -1.95. The Hall–Kier alpha value is -2.33. The number of hydrogen-bond donors (Lipinski definition) is 1. The molecule has 0 unspecified atom stereocenters. The predicted octanol–water partition coefficient (Wildman–Crippen LogP) is 3.08. The largest absolute Gasteiger partial charge is 0.417 e. The van der Waals surface area contributed by atoms with E-state index in [1.807, 2.05) is 42.5 Å². The molecule has 3 rings (SSSR count). The van der Waals surface area contributed by atoms with Crippen LogP contribution in [-0.2, 0) is 6.54 Å². The predicted molar refractivity (Wildman–Crippen MR) is 68.4 cm³/mol. The van der Waals surface area contributed by atoms with Crippen LogP contribution in [0, 0.1) is 0 Å². The van der Waals surface area contributed by atoms with E-state index in [0.717, 1.165) is 16.5 Å². The fraction of sp³-hybridized carbons (Fsp3) is 0.0714. The fourth-order valence-corrected chi connectivity index (χ4v) is 1.81. The van der Waals surface area contributed by atoms with E-state index in [2.05, 4.69) is 4.98 Å². The van der Waals surface area contributed by atoms with Gasteiger partial charge in [-0.1, -0.05) is 36.4 Å². The van der Waals surface area contributed by atoms with Crippen molar-refractivity contribution in [3.63, 3.8) is 0 Å². The molecule has 0 spiro atoms. The summed E-state index contributed by atoms with van der Waals surface area (Å²) in [5, 5.41) is 2.13. The lowest BCUT2D eigenvalue weighted by molar-refractivity contribution is 0.333. The molecule has 0 atom stereocenters. The van der Waals surface area contributed by atoms with E-state index in [1.54, 1.807) is 0 Å². The van der Waals surface area contributed by atoms with E-state index in [4.69, 9.17) is 14.9 Å². The Bertz CT molecular complexity index is 671. The highest BCUT2D eigenvalue weighted by molar-refractivity contribution is 5.88. The minimum absolute atomic E-state index is 0.215. The molecule has 0 aliphatic carbocycles. The molecule has 0 saturated heterocycles. The van der Waals surface area contributed by atoms with Crippen LogP contribution in [-0.4, -0.2) is 4.98 Å². The summed E-state index contributed by atoms with van der Waals surface area (Å²) in [7, 11) is 0. The van der Waals surface area contributed by atoms with Gasteiger partial charge in [-0.15, -0.1) is 0 Å². The van der Waals surface area contributed by atoms with Crippen molar-refractivity contribution < 1.29 is 9.15 Å². The maximum absolute atomic E-state index is 5.64. The Morgan fingerprint density at radius 2 is 1.94 bits per heavy atom. The molecule has 0 amide bonds. The van der Waals surface area contributed by atoms with Crippen LogP contribution in [0.2, 0.25) is 0 Å². The van der Waals surface area contributed by atoms with Gasteiger partial charge >= 0.3 is 6.08 Å². The first-order valence-corrected chi connectivity index (χ1v) is 5.67. The number of benzene rings is 2. The van der Waals surface area contributed by atoms with Gasteiger partial charge in [-0.3, -0.25) is 0 Å². The van der Waals surface area contributed by atoms with Crippen LogP contribution in [0.25, 0.3) is 10.8 Å². The van der Waals surface area contributed by atoms with Gasteiger partial charge in [0.05, 0.1) is 5.69 Å². The summed E-state index contributed by atoms with van der Waals surface area (Å²) in [5.41, 5.74) is 6.14. The van der Waals surface area contributed by atoms with E-state index in [-0.39, 0.29) is 6.08 Å². The third-order valence-corrected chi connectivity index (χ3v) is 2.69. The van der Waals surface area contributed by atoms with Crippen molar-refractivity contribution in [2.24, 2.45) is 5.73 Å². The Morgan fingerprint density at radius 3 is 2.78 bits per heavy atom. The fourth-order valence-electron chi connectivity index (χ4n) is 1.81. The average Bonchev–Trinajstić information content (AvgIpc) is 2.87. The Morgan fingerprint density at radius 1 is 1.11 bits per heavy atom. The molecule has 0 bridgehead atoms. The summed E-state index contributed by atoms with van der Waals surface area (Å²) in [6.07, 6.45) is 1.72. The highest BCUT2D eigenvalue weighted by Crippen LogP contribution is 2.29. The zero-order chi connectivity index (χ0) is 12.4. The molecule has 2 aromatic carbocycles. The Balaban J connectivity index is 1.99. The van der Waals surface area contributed by atoms with Gasteiger partial charge in [0.25, 0.3) is 0 Å². The minimum atomic E-state index is 0.215. The molecule has 0 fully saturated rings. The van der Waals surface area contributed by atoms with Crippen LogP contribution < -0.4 is 10.5 Å². The first-order chi connectivity index (χ1) is 8.86. The summed E-state index contributed by atoms with van der Waals surface area (Å²) in [5.74, 6) is 0.721. The minimum Gasteiger partial charge on any atom is -0.417 e. The number of aromatic nitrogens is 1. The molecule has 0 aliphatic rings. The van der Waals surface area contributed by atoms with Crippen molar-refractivity contribution >= 4 is 10.8 Å². The molecule has 4 heteroatoms. The lowest BCUT2D eigenvalue weighted by Gasteiger charge is -2.04. The number of oxazole rings is 1. The molecule has 1 aromatic heterocycles. The van der Waals surface area contributed by atoms with Crippen LogP contribution in [0.1, 0.15) is 5.69 Å². The SMILES string of the molecule is NCc1coc(Oc2cccc3ccccc23)n1. The van der Waals surface area contributed by atoms with E-state index in [0.29, 0.717) is 12.2 Å². The van der Waals surface area contributed by atoms with Gasteiger partial charge in [0, 0.05) is 11.9 Å². The van der Waals surface area contributed by atoms with E-state index in [9.17, 15) is 0 Å². The quantitative estimate of drug-likeness (QED) is 0.764. The zero-order valence-corrected chi connectivity index (χ0v) is 9.67. The van der Waals surface area contributed by atoms with Crippen LogP contribution >= 0.6 is 0 Å². The van der Waals surface area contributed by atoms with Gasteiger partial charge in [0.1, 0.15) is 12.0 Å². The maximum atomic E-state index is 5.64. The third kappa shape index (κ3) is 1.94. The summed E-state index contributed by atoms with van der Waals surface area (Å²) in [6.45, 7) is 0.336. The number of rotatable bonds is 3. The van der Waals surface area contributed by atoms with Crippen molar-refractivity contribution in [1.82, 2.24) is 4.98 Å². The molecule has 4 nitrogen and oxygen atoms in total. The van der Waals surface area contributed by atoms with Gasteiger partial charge in [-0.25, -0.2) is 0 Å². The first-order valence-electron chi connectivity index (χ1n) is 5.67. The standard InChI is InChI=1S/C14H12N2O2/c15-8-11-9-17-14(16-11)18-13-7-3-5-10-4-1-2-6-12(10)13/h1-7,9H,8,15H2. The number of ether oxygens (including phenoxy) is 1. The molecule has 0 aliphatic heterocycles. The van der Waals surface area contributed by atoms with Gasteiger partial charge in [0.15, 0.2) is 0 Å². The highest BCUT2D eigenvalue weighted by atomic mass is 16.6. The Labute approximate surface area is 104 Å². The molecule has 3 aromatic rings. The molecule has 2 N–H and O–H groups in total. The number of fused-ring (bicyclic) bond motifs is 1. The second-order valence-electron chi connectivity index (χ2n) is 3.89. The summed E-state index contributed by atoms with van der Waals surface area (Å²) in [6, 6.07) is 13.8. The maximum Gasteiger partial charge on any atom is 0.399 e. The molecule has 0 saturated carbocycles. The molecule has 90 valence electrons. The summed E-state index contributed by atoms with van der Waals surface area (Å²) >= 11 is 0. The van der Waals surface area contributed by atoms with E-state index >= 15 is 0 Å². The van der Waals surface area contributed by atoms with Crippen molar-refractivity contribution in [1.29, 1.82) is 0 Å². The molecule has 18 heavy (non-hydrogen) atoms. The van der Waals surface area contributed by atoms with Crippen LogP contribution in [0.4, 0.5) is 0 Å². The number of nitrogens with two attached hydrogens (primary N) is 1. The smallest absolute Gasteiger partial charge is 0.399 e. The van der Waals surface area contributed by atoms with Crippen molar-refractivity contribution in [2.75, 3.05) is 0 Å². The second-order valence-corrected chi connectivity index (χ2v) is 3.89. The molecular formula is C14H12N2O2. The van der Waals surface area contributed by atoms with E-state index in [1.165, 1.54) is 6.26 Å². The van der Waals surface area contributed by atoms with Gasteiger partial charge in [0.2, 0.25) is 0 Å². The van der Waals surface area contributed by atoms with Crippen molar-refractivity contribution in [2.45, 2.75) is 6.54 Å². The topological polar surface area (TPSA) is 61.3 Å². The van der Waals surface area contributed by atoms with Gasteiger partial charge < -0.3 is 14.9 Å². The summed E-state index contributed by atoms with van der Waals surface area (Å²) < 4.78 is 10.8. The monoisotopic (exact) mass is 240 g/mol. The number of hydrogen-bond acceptors (Lipinski definition) is 4. The summed E-state index contributed by atoms with van der Waals surface area (Å²) in [4.78, 5) is 4.12. The van der Waals surface area contributed by atoms with Crippen molar-refractivity contribution in [3.05, 3.63) is 54.4 Å².